The molecule has 5 nitrogen and oxygen atoms in total. The van der Waals surface area contributed by atoms with Gasteiger partial charge < -0.3 is 14.4 Å². The molecular weight excluding hydrogens is 258 g/mol. The summed E-state index contributed by atoms with van der Waals surface area (Å²) >= 11 is 0. The molecule has 1 heterocycles. The van der Waals surface area contributed by atoms with Gasteiger partial charge in [0.05, 0.1) is 11.7 Å². The fourth-order valence-electron chi connectivity index (χ4n) is 1.87. The maximum absolute atomic E-state index is 10.9. The van der Waals surface area contributed by atoms with Gasteiger partial charge in [-0.25, -0.2) is 4.79 Å². The Kier molecular flexibility index (Phi) is 3.79. The minimum atomic E-state index is -1.12. The van der Waals surface area contributed by atoms with Crippen molar-refractivity contribution in [1.29, 1.82) is 0 Å². The minimum absolute atomic E-state index is 0.0103. The number of rotatable bonds is 4. The van der Waals surface area contributed by atoms with Crippen LogP contribution in [0.3, 0.4) is 0 Å². The normalized spacial score (nSPS) is 10.8. The van der Waals surface area contributed by atoms with E-state index in [2.05, 4.69) is 5.16 Å². The molecule has 0 aliphatic heterocycles. The average molecular weight is 275 g/mol. The lowest BCUT2D eigenvalue weighted by molar-refractivity contribution is 0.0686. The van der Waals surface area contributed by atoms with E-state index in [0.29, 0.717) is 17.1 Å². The van der Waals surface area contributed by atoms with Crippen LogP contribution in [0.5, 0.6) is 5.75 Å². The predicted octanol–water partition coefficient (Wildman–Crippen LogP) is 3.44. The monoisotopic (exact) mass is 275 g/mol. The molecule has 0 aliphatic rings. The molecule has 106 valence electrons. The topological polar surface area (TPSA) is 72.6 Å². The largest absolute Gasteiger partial charge is 0.490 e. The molecule has 1 N–H and O–H groups in total. The molecule has 1 aromatic carbocycles. The second-order valence-corrected chi connectivity index (χ2v) is 4.93. The summed E-state index contributed by atoms with van der Waals surface area (Å²) in [5, 5.41) is 12.4. The van der Waals surface area contributed by atoms with Gasteiger partial charge in [0.1, 0.15) is 5.75 Å². The van der Waals surface area contributed by atoms with Gasteiger partial charge >= 0.3 is 5.97 Å². The fraction of sp³-hybridized carbons (Fsp3) is 0.333. The summed E-state index contributed by atoms with van der Waals surface area (Å²) in [5.74, 6) is -0.0237. The van der Waals surface area contributed by atoms with Gasteiger partial charge in [0.25, 0.3) is 0 Å². The number of hydrogen-bond donors (Lipinski definition) is 1. The van der Waals surface area contributed by atoms with Crippen molar-refractivity contribution in [2.45, 2.75) is 33.8 Å². The maximum atomic E-state index is 10.9. The fourth-order valence-corrected chi connectivity index (χ4v) is 1.87. The van der Waals surface area contributed by atoms with Crippen molar-refractivity contribution in [2.75, 3.05) is 0 Å². The highest BCUT2D eigenvalue weighted by atomic mass is 16.5. The third-order valence-corrected chi connectivity index (χ3v) is 3.03. The number of ether oxygens (including phenoxy) is 1. The Labute approximate surface area is 117 Å². The number of aromatic carboxylic acids is 1. The van der Waals surface area contributed by atoms with Gasteiger partial charge in [-0.1, -0.05) is 11.2 Å². The molecule has 2 rings (SSSR count). The molecule has 0 atom stereocenters. The van der Waals surface area contributed by atoms with Crippen molar-refractivity contribution in [3.05, 3.63) is 35.0 Å². The van der Waals surface area contributed by atoms with Gasteiger partial charge in [0.2, 0.25) is 0 Å². The maximum Gasteiger partial charge on any atom is 0.358 e. The zero-order chi connectivity index (χ0) is 14.9. The van der Waals surface area contributed by atoms with Gasteiger partial charge in [-0.05, 0) is 44.9 Å². The number of nitrogens with zero attached hydrogens (tertiary/aromatic N) is 1. The van der Waals surface area contributed by atoms with Crippen LogP contribution in [0.15, 0.2) is 22.7 Å². The Morgan fingerprint density at radius 1 is 1.35 bits per heavy atom. The van der Waals surface area contributed by atoms with Gasteiger partial charge in [-0.3, -0.25) is 0 Å². The second kappa shape index (κ2) is 5.36. The van der Waals surface area contributed by atoms with Gasteiger partial charge in [0.15, 0.2) is 11.5 Å². The second-order valence-electron chi connectivity index (χ2n) is 4.93. The van der Waals surface area contributed by atoms with Crippen LogP contribution in [0.2, 0.25) is 0 Å². The first-order valence-corrected chi connectivity index (χ1v) is 6.37. The number of hydrogen-bond acceptors (Lipinski definition) is 4. The SMILES string of the molecule is Cc1ccc(-c2cc(C(=O)O)no2)c(OC(C)C)c1C. The van der Waals surface area contributed by atoms with Crippen LogP contribution >= 0.6 is 0 Å². The van der Waals surface area contributed by atoms with E-state index in [1.165, 1.54) is 6.07 Å². The molecule has 0 bridgehead atoms. The summed E-state index contributed by atoms with van der Waals surface area (Å²) in [6.45, 7) is 7.84. The van der Waals surface area contributed by atoms with E-state index < -0.39 is 5.97 Å². The van der Waals surface area contributed by atoms with Crippen molar-refractivity contribution < 1.29 is 19.2 Å². The first kappa shape index (κ1) is 14.1. The molecule has 0 saturated carbocycles. The first-order valence-electron chi connectivity index (χ1n) is 6.37. The molecule has 0 saturated heterocycles. The summed E-state index contributed by atoms with van der Waals surface area (Å²) in [4.78, 5) is 10.9. The van der Waals surface area contributed by atoms with Crippen LogP contribution in [0.1, 0.15) is 35.5 Å². The molecule has 0 unspecified atom stereocenters. The van der Waals surface area contributed by atoms with Crippen molar-refractivity contribution >= 4 is 5.97 Å². The molecule has 0 radical (unpaired) electrons. The lowest BCUT2D eigenvalue weighted by Crippen LogP contribution is -2.08. The quantitative estimate of drug-likeness (QED) is 0.925. The van der Waals surface area contributed by atoms with Crippen LogP contribution in [-0.2, 0) is 0 Å². The molecule has 0 aliphatic carbocycles. The number of aryl methyl sites for hydroxylation is 1. The standard InChI is InChI=1S/C15H17NO4/c1-8(2)19-14-10(4)9(3)5-6-11(14)13-7-12(15(17)18)16-20-13/h5-8H,1-4H3,(H,17,18). The number of carbonyl (C=O) groups is 1. The Morgan fingerprint density at radius 3 is 2.60 bits per heavy atom. The number of aromatic nitrogens is 1. The van der Waals surface area contributed by atoms with Crippen LogP contribution in [0.4, 0.5) is 0 Å². The highest BCUT2D eigenvalue weighted by Crippen LogP contribution is 2.35. The smallest absolute Gasteiger partial charge is 0.358 e. The Bertz CT molecular complexity index is 643. The lowest BCUT2D eigenvalue weighted by atomic mass is 10.0. The summed E-state index contributed by atoms with van der Waals surface area (Å²) in [5.41, 5.74) is 2.70. The lowest BCUT2D eigenvalue weighted by Gasteiger charge is -2.17. The summed E-state index contributed by atoms with van der Waals surface area (Å²) in [6, 6.07) is 5.20. The predicted molar refractivity (Wildman–Crippen MR) is 74.1 cm³/mol. The Hall–Kier alpha value is -2.30. The van der Waals surface area contributed by atoms with E-state index in [0.717, 1.165) is 11.1 Å². The molecule has 0 amide bonds. The van der Waals surface area contributed by atoms with E-state index in [9.17, 15) is 4.79 Å². The Balaban J connectivity index is 2.54. The molecule has 20 heavy (non-hydrogen) atoms. The van der Waals surface area contributed by atoms with Gasteiger partial charge in [-0.2, -0.15) is 0 Å². The van der Waals surface area contributed by atoms with E-state index in [1.54, 1.807) is 0 Å². The zero-order valence-corrected chi connectivity index (χ0v) is 11.9. The Morgan fingerprint density at radius 2 is 2.05 bits per heavy atom. The van der Waals surface area contributed by atoms with E-state index in [1.807, 2.05) is 39.8 Å². The number of carboxylic acid groups (broad SMARTS) is 1. The van der Waals surface area contributed by atoms with Gasteiger partial charge in [-0.15, -0.1) is 0 Å². The van der Waals surface area contributed by atoms with Crippen molar-refractivity contribution in [3.63, 3.8) is 0 Å². The molecule has 1 aromatic heterocycles. The summed E-state index contributed by atoms with van der Waals surface area (Å²) < 4.78 is 11.0. The number of benzene rings is 1. The van der Waals surface area contributed by atoms with Crippen molar-refractivity contribution in [1.82, 2.24) is 5.16 Å². The summed E-state index contributed by atoms with van der Waals surface area (Å²) in [7, 11) is 0. The van der Waals surface area contributed by atoms with Crippen molar-refractivity contribution in [2.24, 2.45) is 0 Å². The molecule has 0 spiro atoms. The molecule has 2 aromatic rings. The van der Waals surface area contributed by atoms with E-state index in [-0.39, 0.29) is 11.8 Å². The highest BCUT2D eigenvalue weighted by Gasteiger charge is 2.18. The highest BCUT2D eigenvalue weighted by molar-refractivity contribution is 5.87. The zero-order valence-electron chi connectivity index (χ0n) is 11.9. The average Bonchev–Trinajstić information content (AvgIpc) is 2.84. The van der Waals surface area contributed by atoms with E-state index in [4.69, 9.17) is 14.4 Å². The molecular formula is C15H17NO4. The third-order valence-electron chi connectivity index (χ3n) is 3.03. The van der Waals surface area contributed by atoms with Crippen molar-refractivity contribution in [3.8, 4) is 17.1 Å². The first-order chi connectivity index (χ1) is 9.40. The van der Waals surface area contributed by atoms with Crippen LogP contribution in [0.25, 0.3) is 11.3 Å². The van der Waals surface area contributed by atoms with Crippen LogP contribution < -0.4 is 4.74 Å². The summed E-state index contributed by atoms with van der Waals surface area (Å²) in [6.07, 6.45) is 0.0103. The van der Waals surface area contributed by atoms with Crippen LogP contribution in [-0.4, -0.2) is 22.3 Å². The minimum Gasteiger partial charge on any atom is -0.490 e. The third kappa shape index (κ3) is 2.66. The van der Waals surface area contributed by atoms with Gasteiger partial charge in [0, 0.05) is 6.07 Å². The van der Waals surface area contributed by atoms with E-state index >= 15 is 0 Å². The van der Waals surface area contributed by atoms with Crippen LogP contribution in [0, 0.1) is 13.8 Å². The molecule has 0 fully saturated rings. The molecule has 5 heteroatoms. The number of carboxylic acids is 1.